The van der Waals surface area contributed by atoms with Gasteiger partial charge in [0.1, 0.15) is 6.10 Å². The summed E-state index contributed by atoms with van der Waals surface area (Å²) in [5.41, 5.74) is 0. The van der Waals surface area contributed by atoms with Crippen molar-refractivity contribution < 1.29 is 33.9 Å². The number of ether oxygens (including phenoxy) is 6. The molecule has 0 aromatic rings. The van der Waals surface area contributed by atoms with Gasteiger partial charge in [-0.1, -0.05) is 107 Å². The summed E-state index contributed by atoms with van der Waals surface area (Å²) in [6, 6.07) is 0. The standard InChI is InChI=1S/C34H70O6.H2O/c1-11-15-19-21-26-37-34(36-25-20-16-12-2,38-27-23-29(5)6)33(35-24-18-14-4,39-28-30(7)8)32(22-17-13-3)40-31(9)10;/h29-32H,11-28H2,1-10H3;1H2. The van der Waals surface area contributed by atoms with Gasteiger partial charge in [-0.3, -0.25) is 0 Å². The summed E-state index contributed by atoms with van der Waals surface area (Å²) in [5, 5.41) is 0. The highest BCUT2D eigenvalue weighted by Gasteiger charge is 2.64. The maximum Gasteiger partial charge on any atom is 0.343 e. The fourth-order valence-corrected chi connectivity index (χ4v) is 4.48. The second-order valence-electron chi connectivity index (χ2n) is 12.4. The van der Waals surface area contributed by atoms with Crippen molar-refractivity contribution in [1.82, 2.24) is 0 Å². The van der Waals surface area contributed by atoms with Gasteiger partial charge >= 0.3 is 5.97 Å². The van der Waals surface area contributed by atoms with Crippen LogP contribution in [0.4, 0.5) is 0 Å². The Morgan fingerprint density at radius 3 is 1.51 bits per heavy atom. The normalized spacial score (nSPS) is 15.7. The van der Waals surface area contributed by atoms with E-state index in [0.29, 0.717) is 39.0 Å². The Kier molecular flexibility index (Phi) is 27.3. The van der Waals surface area contributed by atoms with E-state index in [4.69, 9.17) is 28.4 Å². The van der Waals surface area contributed by atoms with Crippen LogP contribution in [0.1, 0.15) is 153 Å². The minimum atomic E-state index is -1.53. The molecule has 41 heavy (non-hydrogen) atoms. The predicted molar refractivity (Wildman–Crippen MR) is 171 cm³/mol. The highest BCUT2D eigenvalue weighted by molar-refractivity contribution is 4.92. The molecule has 7 heteroatoms. The van der Waals surface area contributed by atoms with Crippen LogP contribution in [0.2, 0.25) is 0 Å². The zero-order valence-corrected chi connectivity index (χ0v) is 29.0. The summed E-state index contributed by atoms with van der Waals surface area (Å²) >= 11 is 0. The molecule has 250 valence electrons. The van der Waals surface area contributed by atoms with Crippen LogP contribution in [-0.4, -0.2) is 62.5 Å². The summed E-state index contributed by atoms with van der Waals surface area (Å²) in [4.78, 5) is 0. The number of rotatable bonds is 29. The molecule has 0 aromatic heterocycles. The lowest BCUT2D eigenvalue weighted by Gasteiger charge is -2.51. The third-order valence-corrected chi connectivity index (χ3v) is 6.87. The molecule has 0 aliphatic carbocycles. The number of hydrogen-bond acceptors (Lipinski definition) is 6. The van der Waals surface area contributed by atoms with Gasteiger partial charge in [-0.2, -0.15) is 0 Å². The minimum Gasteiger partial charge on any atom is -0.412 e. The maximum atomic E-state index is 6.93. The van der Waals surface area contributed by atoms with Crippen LogP contribution in [0.5, 0.6) is 0 Å². The molecule has 0 heterocycles. The third-order valence-electron chi connectivity index (χ3n) is 6.87. The van der Waals surface area contributed by atoms with Crippen LogP contribution in [0.3, 0.4) is 0 Å². The molecule has 0 bridgehead atoms. The van der Waals surface area contributed by atoms with Crippen molar-refractivity contribution in [2.75, 3.05) is 33.0 Å². The summed E-state index contributed by atoms with van der Waals surface area (Å²) in [7, 11) is 0. The van der Waals surface area contributed by atoms with E-state index < -0.39 is 17.9 Å². The van der Waals surface area contributed by atoms with E-state index in [1.54, 1.807) is 0 Å². The lowest BCUT2D eigenvalue weighted by molar-refractivity contribution is -0.516. The molecular formula is C34H72O7. The van der Waals surface area contributed by atoms with Crippen molar-refractivity contribution in [2.45, 2.75) is 177 Å². The van der Waals surface area contributed by atoms with Gasteiger partial charge in [0.15, 0.2) is 0 Å². The number of hydrogen-bond donors (Lipinski definition) is 0. The fourth-order valence-electron chi connectivity index (χ4n) is 4.48. The Bertz CT molecular complexity index is 557. The highest BCUT2D eigenvalue weighted by Crippen LogP contribution is 2.42. The molecule has 0 radical (unpaired) electrons. The van der Waals surface area contributed by atoms with Crippen molar-refractivity contribution in [3.8, 4) is 0 Å². The summed E-state index contributed by atoms with van der Waals surface area (Å²) in [6.07, 6.45) is 12.7. The molecule has 0 rings (SSSR count). The molecule has 0 aliphatic rings. The van der Waals surface area contributed by atoms with Gasteiger partial charge in [-0.05, 0) is 57.8 Å². The number of unbranched alkanes of at least 4 members (excludes halogenated alkanes) is 7. The molecule has 0 saturated carbocycles. The van der Waals surface area contributed by atoms with Gasteiger partial charge in [-0.25, -0.2) is 0 Å². The second kappa shape index (κ2) is 26.2. The van der Waals surface area contributed by atoms with Crippen LogP contribution >= 0.6 is 0 Å². The van der Waals surface area contributed by atoms with Crippen molar-refractivity contribution in [2.24, 2.45) is 11.8 Å². The molecule has 3 unspecified atom stereocenters. The molecule has 0 fully saturated rings. The van der Waals surface area contributed by atoms with Crippen LogP contribution in [0.25, 0.3) is 0 Å². The minimum absolute atomic E-state index is 0. The summed E-state index contributed by atoms with van der Waals surface area (Å²) in [5.74, 6) is -2.12. The largest absolute Gasteiger partial charge is 0.412 e. The zero-order chi connectivity index (χ0) is 30.3. The van der Waals surface area contributed by atoms with Crippen molar-refractivity contribution in [3.63, 3.8) is 0 Å². The van der Waals surface area contributed by atoms with E-state index in [1.807, 2.05) is 0 Å². The van der Waals surface area contributed by atoms with Gasteiger partial charge in [0.05, 0.1) is 39.1 Å². The smallest absolute Gasteiger partial charge is 0.343 e. The Morgan fingerprint density at radius 1 is 0.488 bits per heavy atom. The molecule has 0 saturated heterocycles. The monoisotopic (exact) mass is 593 g/mol. The van der Waals surface area contributed by atoms with Crippen LogP contribution in [0, 0.1) is 11.8 Å². The van der Waals surface area contributed by atoms with Crippen molar-refractivity contribution in [1.29, 1.82) is 0 Å². The molecule has 7 nitrogen and oxygen atoms in total. The first-order chi connectivity index (χ1) is 19.1. The highest BCUT2D eigenvalue weighted by atomic mass is 16.9. The van der Waals surface area contributed by atoms with Gasteiger partial charge < -0.3 is 33.9 Å². The first-order valence-corrected chi connectivity index (χ1v) is 17.0. The van der Waals surface area contributed by atoms with Crippen LogP contribution in [-0.2, 0) is 28.4 Å². The van der Waals surface area contributed by atoms with Gasteiger partial charge in [0.2, 0.25) is 0 Å². The van der Waals surface area contributed by atoms with Crippen LogP contribution in [0.15, 0.2) is 0 Å². The van der Waals surface area contributed by atoms with Crippen LogP contribution < -0.4 is 0 Å². The third kappa shape index (κ3) is 17.6. The molecule has 0 aromatic carbocycles. The zero-order valence-electron chi connectivity index (χ0n) is 29.0. The van der Waals surface area contributed by atoms with E-state index in [1.165, 1.54) is 12.8 Å². The van der Waals surface area contributed by atoms with E-state index >= 15 is 0 Å². The molecule has 3 atom stereocenters. The molecule has 0 aliphatic heterocycles. The quantitative estimate of drug-likeness (QED) is 0.0637. The molecule has 2 N–H and O–H groups in total. The van der Waals surface area contributed by atoms with Gasteiger partial charge in [0, 0.05) is 0 Å². The maximum absolute atomic E-state index is 6.93. The molecule has 0 amide bonds. The Balaban J connectivity index is 0. The summed E-state index contributed by atoms with van der Waals surface area (Å²) in [6.45, 7) is 24.3. The topological polar surface area (TPSA) is 86.9 Å². The molecule has 0 spiro atoms. The summed E-state index contributed by atoms with van der Waals surface area (Å²) < 4.78 is 41.0. The second-order valence-corrected chi connectivity index (χ2v) is 12.4. The van der Waals surface area contributed by atoms with E-state index in [9.17, 15) is 0 Å². The average Bonchev–Trinajstić information content (AvgIpc) is 2.90. The van der Waals surface area contributed by atoms with E-state index in [0.717, 1.165) is 70.6 Å². The SMILES string of the molecule is CCCCCCOC(OCCCCC)(OCCC(C)C)C(OCCCC)(OCC(C)C)C(CCCC)OC(C)C.O. The Hall–Kier alpha value is -0.280. The average molecular weight is 593 g/mol. The Morgan fingerprint density at radius 2 is 1.00 bits per heavy atom. The van der Waals surface area contributed by atoms with Gasteiger partial charge in [-0.15, -0.1) is 0 Å². The predicted octanol–water partition coefficient (Wildman–Crippen LogP) is 8.85. The first-order valence-electron chi connectivity index (χ1n) is 17.0. The van der Waals surface area contributed by atoms with E-state index in [2.05, 4.69) is 69.2 Å². The Labute approximate surface area is 255 Å². The molecular weight excluding hydrogens is 520 g/mol. The first kappa shape index (κ1) is 42.9. The van der Waals surface area contributed by atoms with Crippen molar-refractivity contribution in [3.05, 3.63) is 0 Å². The van der Waals surface area contributed by atoms with Crippen molar-refractivity contribution >= 4 is 0 Å². The fraction of sp³-hybridized carbons (Fsp3) is 1.00. The van der Waals surface area contributed by atoms with E-state index in [-0.39, 0.29) is 17.5 Å². The van der Waals surface area contributed by atoms with Gasteiger partial charge in [0.25, 0.3) is 5.79 Å². The lowest BCUT2D eigenvalue weighted by Crippen LogP contribution is -2.69. The lowest BCUT2D eigenvalue weighted by atomic mass is 9.99.